The molecule has 6 heteroatoms. The molecule has 0 amide bonds. The van der Waals surface area contributed by atoms with Gasteiger partial charge in [-0.3, -0.25) is 0 Å². The van der Waals surface area contributed by atoms with Crippen LogP contribution in [0, 0.1) is 11.6 Å². The van der Waals surface area contributed by atoms with E-state index in [1.54, 1.807) is 6.07 Å². The monoisotopic (exact) mass is 281 g/mol. The van der Waals surface area contributed by atoms with Crippen LogP contribution in [0.4, 0.5) is 14.6 Å². The number of aromatic nitrogens is 2. The van der Waals surface area contributed by atoms with Crippen LogP contribution in [0.5, 0.6) is 5.75 Å². The van der Waals surface area contributed by atoms with Crippen molar-refractivity contribution in [1.82, 2.24) is 9.78 Å². The fourth-order valence-electron chi connectivity index (χ4n) is 1.83. The van der Waals surface area contributed by atoms with Gasteiger partial charge in [0.15, 0.2) is 17.4 Å². The minimum Gasteiger partial charge on any atom is -0.491 e. The van der Waals surface area contributed by atoms with E-state index in [4.69, 9.17) is 5.73 Å². The summed E-state index contributed by atoms with van der Waals surface area (Å²) in [5.74, 6) is -1.70. The van der Waals surface area contributed by atoms with Crippen molar-refractivity contribution in [2.24, 2.45) is 0 Å². The molecule has 4 nitrogen and oxygen atoms in total. The molecule has 2 rings (SSSR count). The van der Waals surface area contributed by atoms with E-state index >= 15 is 0 Å². The molecule has 0 spiro atoms. The Morgan fingerprint density at radius 2 is 1.70 bits per heavy atom. The van der Waals surface area contributed by atoms with Gasteiger partial charge in [-0.15, -0.1) is 0 Å². The van der Waals surface area contributed by atoms with E-state index in [9.17, 15) is 8.78 Å². The second-order valence-corrected chi connectivity index (χ2v) is 5.56. The van der Waals surface area contributed by atoms with Gasteiger partial charge in [0, 0.05) is 23.6 Å². The number of rotatable bonds is 2. The van der Waals surface area contributed by atoms with E-state index in [1.807, 2.05) is 20.8 Å². The van der Waals surface area contributed by atoms with Crippen molar-refractivity contribution in [3.8, 4) is 11.4 Å². The number of benzene rings is 1. The smallest absolute Gasteiger partial charge is 0.190 e. The number of nitrogens with zero attached hydrogens (tertiary/aromatic N) is 2. The number of ether oxygens (including phenoxy) is 1. The van der Waals surface area contributed by atoms with Crippen molar-refractivity contribution < 1.29 is 13.5 Å². The van der Waals surface area contributed by atoms with Gasteiger partial charge in [-0.05, 0) is 0 Å². The summed E-state index contributed by atoms with van der Waals surface area (Å²) in [5, 5.41) is 4.31. The first-order chi connectivity index (χ1) is 9.24. The van der Waals surface area contributed by atoms with E-state index in [1.165, 1.54) is 11.8 Å². The normalized spacial score (nSPS) is 11.7. The molecule has 0 saturated carbocycles. The molecule has 1 aromatic heterocycles. The maximum Gasteiger partial charge on any atom is 0.190 e. The lowest BCUT2D eigenvalue weighted by Crippen LogP contribution is -2.12. The molecule has 0 fully saturated rings. The maximum absolute atomic E-state index is 13.7. The Morgan fingerprint density at radius 1 is 1.15 bits per heavy atom. The number of nitrogen functional groups attached to an aromatic ring is 1. The van der Waals surface area contributed by atoms with E-state index in [0.717, 1.165) is 17.8 Å². The molecule has 0 radical (unpaired) electrons. The molecular weight excluding hydrogens is 264 g/mol. The summed E-state index contributed by atoms with van der Waals surface area (Å²) in [4.78, 5) is 0. The van der Waals surface area contributed by atoms with Gasteiger partial charge in [0.05, 0.1) is 18.5 Å². The zero-order valence-corrected chi connectivity index (χ0v) is 11.9. The first kappa shape index (κ1) is 14.3. The average molecular weight is 281 g/mol. The zero-order valence-electron chi connectivity index (χ0n) is 11.9. The second-order valence-electron chi connectivity index (χ2n) is 5.56. The van der Waals surface area contributed by atoms with E-state index in [0.29, 0.717) is 5.82 Å². The minimum atomic E-state index is -0.797. The van der Waals surface area contributed by atoms with Crippen LogP contribution < -0.4 is 10.5 Å². The van der Waals surface area contributed by atoms with Crippen molar-refractivity contribution in [2.45, 2.75) is 26.2 Å². The topological polar surface area (TPSA) is 53.1 Å². The lowest BCUT2D eigenvalue weighted by atomic mass is 9.92. The van der Waals surface area contributed by atoms with Gasteiger partial charge in [0.25, 0.3) is 0 Å². The second kappa shape index (κ2) is 4.77. The van der Waals surface area contributed by atoms with Crippen molar-refractivity contribution in [2.75, 3.05) is 12.8 Å². The highest BCUT2D eigenvalue weighted by Gasteiger charge is 2.21. The molecule has 0 bridgehead atoms. The lowest BCUT2D eigenvalue weighted by Gasteiger charge is -2.14. The Balaban J connectivity index is 2.55. The van der Waals surface area contributed by atoms with Crippen molar-refractivity contribution >= 4 is 5.82 Å². The molecule has 2 N–H and O–H groups in total. The first-order valence-corrected chi connectivity index (χ1v) is 6.13. The zero-order chi connectivity index (χ0) is 15.1. The fourth-order valence-corrected chi connectivity index (χ4v) is 1.83. The first-order valence-electron chi connectivity index (χ1n) is 6.13. The molecule has 20 heavy (non-hydrogen) atoms. The fraction of sp³-hybridized carbons (Fsp3) is 0.357. The molecule has 1 heterocycles. The minimum absolute atomic E-state index is 0.205. The van der Waals surface area contributed by atoms with Gasteiger partial charge >= 0.3 is 0 Å². The number of methoxy groups -OCH3 is 1. The molecule has 0 aliphatic carbocycles. The summed E-state index contributed by atoms with van der Waals surface area (Å²) >= 11 is 0. The Hall–Kier alpha value is -2.11. The predicted octanol–water partition coefficient (Wildman–Crippen LogP) is 3.04. The van der Waals surface area contributed by atoms with E-state index < -0.39 is 17.4 Å². The Bertz CT molecular complexity index is 621. The van der Waals surface area contributed by atoms with Crippen LogP contribution in [0.15, 0.2) is 18.2 Å². The molecule has 0 aliphatic heterocycles. The van der Waals surface area contributed by atoms with Gasteiger partial charge in [-0.25, -0.2) is 13.5 Å². The lowest BCUT2D eigenvalue weighted by molar-refractivity contribution is 0.359. The molecule has 0 saturated heterocycles. The third-order valence-electron chi connectivity index (χ3n) is 2.94. The van der Waals surface area contributed by atoms with Crippen LogP contribution in [0.25, 0.3) is 5.69 Å². The molecule has 2 aromatic rings. The Morgan fingerprint density at radius 3 is 2.10 bits per heavy atom. The van der Waals surface area contributed by atoms with Crippen LogP contribution in [0.3, 0.4) is 0 Å². The van der Waals surface area contributed by atoms with Crippen LogP contribution in [0.2, 0.25) is 0 Å². The maximum atomic E-state index is 13.7. The Labute approximate surface area is 116 Å². The van der Waals surface area contributed by atoms with Crippen LogP contribution in [-0.2, 0) is 5.41 Å². The summed E-state index contributed by atoms with van der Waals surface area (Å²) in [6, 6.07) is 3.97. The molecule has 1 aromatic carbocycles. The Kier molecular flexibility index (Phi) is 3.41. The van der Waals surface area contributed by atoms with Crippen molar-refractivity contribution in [1.29, 1.82) is 0 Å². The van der Waals surface area contributed by atoms with Gasteiger partial charge < -0.3 is 10.5 Å². The van der Waals surface area contributed by atoms with Crippen LogP contribution in [0.1, 0.15) is 26.5 Å². The molecule has 108 valence electrons. The third kappa shape index (κ3) is 2.45. The number of nitrogens with two attached hydrogens (primary N) is 1. The quantitative estimate of drug-likeness (QED) is 0.920. The summed E-state index contributed by atoms with van der Waals surface area (Å²) in [5.41, 5.74) is 6.62. The molecular formula is C14H17F2N3O. The highest BCUT2D eigenvalue weighted by Crippen LogP contribution is 2.28. The molecule has 0 aliphatic rings. The SMILES string of the molecule is COc1c(F)cc(-n2nc(C(C)(C)C)cc2N)cc1F. The van der Waals surface area contributed by atoms with Gasteiger partial charge in [0.2, 0.25) is 0 Å². The van der Waals surface area contributed by atoms with Crippen molar-refractivity contribution in [3.05, 3.63) is 35.5 Å². The highest BCUT2D eigenvalue weighted by molar-refractivity contribution is 5.47. The summed E-state index contributed by atoms with van der Waals surface area (Å²) in [6.07, 6.45) is 0. The molecule has 0 atom stereocenters. The van der Waals surface area contributed by atoms with E-state index in [2.05, 4.69) is 9.84 Å². The summed E-state index contributed by atoms with van der Waals surface area (Å²) < 4.78 is 33.4. The number of halogens is 2. The predicted molar refractivity (Wildman–Crippen MR) is 73.1 cm³/mol. The van der Waals surface area contributed by atoms with Gasteiger partial charge in [-0.1, -0.05) is 20.8 Å². The van der Waals surface area contributed by atoms with Crippen molar-refractivity contribution in [3.63, 3.8) is 0 Å². The number of hydrogen-bond acceptors (Lipinski definition) is 3. The third-order valence-corrected chi connectivity index (χ3v) is 2.94. The standard InChI is InChI=1S/C14H17F2N3O/c1-14(2,3)11-7-12(17)19(18-11)8-5-9(15)13(20-4)10(16)6-8/h5-7H,17H2,1-4H3. The number of anilines is 1. The van der Waals surface area contributed by atoms with Crippen LogP contribution >= 0.6 is 0 Å². The number of hydrogen-bond donors (Lipinski definition) is 1. The summed E-state index contributed by atoms with van der Waals surface area (Å²) in [7, 11) is 1.21. The van der Waals surface area contributed by atoms with E-state index in [-0.39, 0.29) is 11.1 Å². The molecule has 0 unspecified atom stereocenters. The average Bonchev–Trinajstić information content (AvgIpc) is 2.70. The summed E-state index contributed by atoms with van der Waals surface area (Å²) in [6.45, 7) is 5.94. The van der Waals surface area contributed by atoms with Crippen LogP contribution in [-0.4, -0.2) is 16.9 Å². The largest absolute Gasteiger partial charge is 0.491 e. The highest BCUT2D eigenvalue weighted by atomic mass is 19.1. The van der Waals surface area contributed by atoms with Gasteiger partial charge in [-0.2, -0.15) is 5.10 Å². The van der Waals surface area contributed by atoms with Gasteiger partial charge in [0.1, 0.15) is 5.82 Å².